The Balaban J connectivity index is 2.77. The van der Waals surface area contributed by atoms with E-state index in [1.807, 2.05) is 0 Å². The zero-order valence-electron chi connectivity index (χ0n) is 7.23. The molecule has 0 amide bonds. The summed E-state index contributed by atoms with van der Waals surface area (Å²) in [5.74, 6) is 0.666. The van der Waals surface area contributed by atoms with E-state index in [4.69, 9.17) is 4.74 Å². The van der Waals surface area contributed by atoms with E-state index in [2.05, 4.69) is 20.8 Å². The second-order valence-electron chi connectivity index (χ2n) is 3.03. The van der Waals surface area contributed by atoms with E-state index in [9.17, 15) is 0 Å². The third-order valence-electron chi connectivity index (χ3n) is 1.24. The Morgan fingerprint density at radius 3 is 2.50 bits per heavy atom. The number of hydrogen-bond acceptors (Lipinski definition) is 1. The highest BCUT2D eigenvalue weighted by molar-refractivity contribution is 4.43. The molecular formula is C9H19O. The lowest BCUT2D eigenvalue weighted by atomic mass is 10.2. The Hall–Kier alpha value is -0.0400. The van der Waals surface area contributed by atoms with Crippen LogP contribution in [0.25, 0.3) is 0 Å². The zero-order chi connectivity index (χ0) is 7.82. The first-order valence-electron chi connectivity index (χ1n) is 4.14. The van der Waals surface area contributed by atoms with Gasteiger partial charge in [0.2, 0.25) is 0 Å². The lowest BCUT2D eigenvalue weighted by Crippen LogP contribution is -2.02. The van der Waals surface area contributed by atoms with Gasteiger partial charge in [-0.15, -0.1) is 0 Å². The SMILES string of the molecule is [CH2]CCCCOCC(C)C. The van der Waals surface area contributed by atoms with E-state index in [-0.39, 0.29) is 0 Å². The first-order valence-corrected chi connectivity index (χ1v) is 4.14. The molecule has 0 heterocycles. The summed E-state index contributed by atoms with van der Waals surface area (Å²) in [7, 11) is 0. The number of unbranched alkanes of at least 4 members (excludes halogenated alkanes) is 2. The molecule has 1 nitrogen and oxygen atoms in total. The van der Waals surface area contributed by atoms with E-state index in [0.29, 0.717) is 5.92 Å². The predicted octanol–water partition coefficient (Wildman–Crippen LogP) is 2.66. The summed E-state index contributed by atoms with van der Waals surface area (Å²) < 4.78 is 5.37. The van der Waals surface area contributed by atoms with Crippen LogP contribution in [-0.4, -0.2) is 13.2 Å². The molecule has 1 radical (unpaired) electrons. The van der Waals surface area contributed by atoms with Gasteiger partial charge in [-0.25, -0.2) is 0 Å². The molecule has 0 atom stereocenters. The van der Waals surface area contributed by atoms with Gasteiger partial charge in [0.25, 0.3) is 0 Å². The van der Waals surface area contributed by atoms with Crippen molar-refractivity contribution < 1.29 is 4.74 Å². The van der Waals surface area contributed by atoms with Crippen molar-refractivity contribution in [3.63, 3.8) is 0 Å². The summed E-state index contributed by atoms with van der Waals surface area (Å²) >= 11 is 0. The normalized spacial score (nSPS) is 10.8. The van der Waals surface area contributed by atoms with Gasteiger partial charge in [0.1, 0.15) is 0 Å². The van der Waals surface area contributed by atoms with Gasteiger partial charge >= 0.3 is 0 Å². The van der Waals surface area contributed by atoms with Crippen LogP contribution >= 0.6 is 0 Å². The van der Waals surface area contributed by atoms with Crippen molar-refractivity contribution in [3.8, 4) is 0 Å². The molecular weight excluding hydrogens is 124 g/mol. The molecule has 0 aliphatic rings. The minimum atomic E-state index is 0.666. The van der Waals surface area contributed by atoms with E-state index in [1.54, 1.807) is 0 Å². The number of rotatable bonds is 6. The number of hydrogen-bond donors (Lipinski definition) is 0. The average molecular weight is 143 g/mol. The first-order chi connectivity index (χ1) is 4.77. The Morgan fingerprint density at radius 2 is 2.00 bits per heavy atom. The first kappa shape index (κ1) is 9.96. The molecule has 0 bridgehead atoms. The largest absolute Gasteiger partial charge is 0.381 e. The second kappa shape index (κ2) is 7.07. The molecule has 0 rings (SSSR count). The van der Waals surface area contributed by atoms with Crippen LogP contribution in [0.1, 0.15) is 33.1 Å². The lowest BCUT2D eigenvalue weighted by molar-refractivity contribution is 0.107. The summed E-state index contributed by atoms with van der Waals surface area (Å²) in [5.41, 5.74) is 0. The minimum absolute atomic E-state index is 0.666. The fourth-order valence-electron chi connectivity index (χ4n) is 0.700. The summed E-state index contributed by atoms with van der Waals surface area (Å²) in [5, 5.41) is 0. The monoisotopic (exact) mass is 143 g/mol. The van der Waals surface area contributed by atoms with Crippen LogP contribution in [0.5, 0.6) is 0 Å². The molecule has 0 N–H and O–H groups in total. The average Bonchev–Trinajstić information content (AvgIpc) is 1.87. The van der Waals surface area contributed by atoms with Crippen molar-refractivity contribution in [1.29, 1.82) is 0 Å². The van der Waals surface area contributed by atoms with Crippen LogP contribution in [-0.2, 0) is 4.74 Å². The molecule has 0 spiro atoms. The van der Waals surface area contributed by atoms with Crippen molar-refractivity contribution in [1.82, 2.24) is 0 Å². The van der Waals surface area contributed by atoms with Crippen LogP contribution in [0.4, 0.5) is 0 Å². The molecule has 0 aromatic carbocycles. The highest BCUT2D eigenvalue weighted by atomic mass is 16.5. The zero-order valence-corrected chi connectivity index (χ0v) is 7.23. The smallest absolute Gasteiger partial charge is 0.0488 e. The summed E-state index contributed by atoms with van der Waals surface area (Å²) in [6.07, 6.45) is 3.39. The van der Waals surface area contributed by atoms with E-state index < -0.39 is 0 Å². The van der Waals surface area contributed by atoms with Crippen LogP contribution < -0.4 is 0 Å². The van der Waals surface area contributed by atoms with Gasteiger partial charge < -0.3 is 4.74 Å². The third kappa shape index (κ3) is 7.96. The molecule has 0 fully saturated rings. The van der Waals surface area contributed by atoms with Crippen LogP contribution in [0.3, 0.4) is 0 Å². The molecule has 1 heteroatoms. The van der Waals surface area contributed by atoms with Gasteiger partial charge in [-0.2, -0.15) is 0 Å². The van der Waals surface area contributed by atoms with Gasteiger partial charge in [0.15, 0.2) is 0 Å². The van der Waals surface area contributed by atoms with Crippen molar-refractivity contribution in [2.24, 2.45) is 5.92 Å². The van der Waals surface area contributed by atoms with Crippen molar-refractivity contribution in [2.45, 2.75) is 33.1 Å². The Bertz CT molecular complexity index is 59.7. The quantitative estimate of drug-likeness (QED) is 0.519. The predicted molar refractivity (Wildman–Crippen MR) is 44.9 cm³/mol. The van der Waals surface area contributed by atoms with Gasteiger partial charge in [0.05, 0.1) is 0 Å². The molecule has 0 unspecified atom stereocenters. The van der Waals surface area contributed by atoms with Gasteiger partial charge in [0, 0.05) is 13.2 Å². The van der Waals surface area contributed by atoms with E-state index >= 15 is 0 Å². The maximum atomic E-state index is 5.37. The van der Waals surface area contributed by atoms with Crippen LogP contribution in [0.2, 0.25) is 0 Å². The molecule has 61 valence electrons. The third-order valence-corrected chi connectivity index (χ3v) is 1.24. The van der Waals surface area contributed by atoms with E-state index in [1.165, 1.54) is 6.42 Å². The van der Waals surface area contributed by atoms with Crippen LogP contribution in [0, 0.1) is 12.8 Å². The fourth-order valence-corrected chi connectivity index (χ4v) is 0.700. The standard InChI is InChI=1S/C9H19O/c1-4-5-6-7-10-8-9(2)3/h9H,1,4-8H2,2-3H3. The highest BCUT2D eigenvalue weighted by Gasteiger charge is 1.92. The summed E-state index contributed by atoms with van der Waals surface area (Å²) in [4.78, 5) is 0. The molecule has 0 saturated heterocycles. The summed E-state index contributed by atoms with van der Waals surface area (Å²) in [6.45, 7) is 9.91. The maximum absolute atomic E-state index is 5.37. The fraction of sp³-hybridized carbons (Fsp3) is 0.889. The lowest BCUT2D eigenvalue weighted by Gasteiger charge is -2.05. The highest BCUT2D eigenvalue weighted by Crippen LogP contribution is 1.96. The van der Waals surface area contributed by atoms with Gasteiger partial charge in [-0.05, 0) is 12.3 Å². The number of ether oxygens (including phenoxy) is 1. The van der Waals surface area contributed by atoms with Crippen LogP contribution in [0.15, 0.2) is 0 Å². The minimum Gasteiger partial charge on any atom is -0.381 e. The van der Waals surface area contributed by atoms with E-state index in [0.717, 1.165) is 26.1 Å². The second-order valence-corrected chi connectivity index (χ2v) is 3.03. The molecule has 10 heavy (non-hydrogen) atoms. The van der Waals surface area contributed by atoms with Crippen molar-refractivity contribution in [3.05, 3.63) is 6.92 Å². The Kier molecular flexibility index (Phi) is 7.04. The molecule has 0 aliphatic heterocycles. The molecule has 0 aromatic heterocycles. The van der Waals surface area contributed by atoms with Gasteiger partial charge in [-0.3, -0.25) is 0 Å². The Labute approximate surface area is 64.8 Å². The van der Waals surface area contributed by atoms with Crippen molar-refractivity contribution in [2.75, 3.05) is 13.2 Å². The topological polar surface area (TPSA) is 9.23 Å². The summed E-state index contributed by atoms with van der Waals surface area (Å²) in [6, 6.07) is 0. The maximum Gasteiger partial charge on any atom is 0.0488 e. The molecule has 0 aromatic rings. The molecule has 0 aliphatic carbocycles. The Morgan fingerprint density at radius 1 is 1.30 bits per heavy atom. The van der Waals surface area contributed by atoms with Crippen molar-refractivity contribution >= 4 is 0 Å². The van der Waals surface area contributed by atoms with Gasteiger partial charge in [-0.1, -0.05) is 33.6 Å². The molecule has 0 saturated carbocycles.